The second-order valence-electron chi connectivity index (χ2n) is 3.31. The Bertz CT molecular complexity index is 577. The van der Waals surface area contributed by atoms with Crippen LogP contribution in [0.1, 0.15) is 0 Å². The van der Waals surface area contributed by atoms with Crippen molar-refractivity contribution in [2.75, 3.05) is 0 Å². The first-order chi connectivity index (χ1) is 7.60. The number of phenolic OH excluding ortho intramolecular Hbond substituents is 1. The van der Waals surface area contributed by atoms with E-state index in [1.54, 1.807) is 30.3 Å². The summed E-state index contributed by atoms with van der Waals surface area (Å²) in [6, 6.07) is 13.7. The molecule has 2 aromatic carbocycles. The van der Waals surface area contributed by atoms with Crippen molar-refractivity contribution in [3.8, 4) is 5.75 Å². The van der Waals surface area contributed by atoms with Gasteiger partial charge in [0.15, 0.2) is 0 Å². The van der Waals surface area contributed by atoms with Gasteiger partial charge in [0.2, 0.25) is 9.84 Å². The van der Waals surface area contributed by atoms with E-state index in [4.69, 9.17) is 5.11 Å². The molecule has 0 spiro atoms. The molecule has 3 nitrogen and oxygen atoms in total. The predicted molar refractivity (Wildman–Crippen MR) is 60.0 cm³/mol. The standard InChI is InChI=1S/C12H10O3S.Ti/c13-10-6-8-12(9-7-10)16(14,15)11-4-2-1-3-5-11;/h1-9,13H;. The van der Waals surface area contributed by atoms with Crippen molar-refractivity contribution in [2.24, 2.45) is 0 Å². The van der Waals surface area contributed by atoms with Crippen LogP contribution in [0.4, 0.5) is 0 Å². The van der Waals surface area contributed by atoms with Gasteiger partial charge < -0.3 is 5.11 Å². The SMILES string of the molecule is O=S(=O)(c1ccccc1)c1ccc(O)cc1.[Ti]. The van der Waals surface area contributed by atoms with E-state index in [0.717, 1.165) is 0 Å². The van der Waals surface area contributed by atoms with Gasteiger partial charge in [0.25, 0.3) is 0 Å². The van der Waals surface area contributed by atoms with E-state index in [0.29, 0.717) is 0 Å². The monoisotopic (exact) mass is 282 g/mol. The first-order valence-electron chi connectivity index (χ1n) is 4.70. The molecule has 2 rings (SSSR count). The maximum atomic E-state index is 12.1. The number of sulfone groups is 1. The van der Waals surface area contributed by atoms with Crippen LogP contribution in [-0.2, 0) is 31.6 Å². The molecule has 1 N–H and O–H groups in total. The Hall–Kier alpha value is -1.10. The van der Waals surface area contributed by atoms with Crippen LogP contribution in [0.3, 0.4) is 0 Å². The fraction of sp³-hybridized carbons (Fsp3) is 0. The fourth-order valence-electron chi connectivity index (χ4n) is 1.36. The van der Waals surface area contributed by atoms with E-state index in [1.165, 1.54) is 24.3 Å². The van der Waals surface area contributed by atoms with Crippen LogP contribution in [0.15, 0.2) is 64.4 Å². The van der Waals surface area contributed by atoms with Crippen LogP contribution in [0.25, 0.3) is 0 Å². The molecule has 0 aliphatic heterocycles. The first-order valence-corrected chi connectivity index (χ1v) is 6.18. The summed E-state index contributed by atoms with van der Waals surface area (Å²) in [6.45, 7) is 0. The normalized spacial score (nSPS) is 10.6. The van der Waals surface area contributed by atoms with Gasteiger partial charge in [-0.3, -0.25) is 0 Å². The minimum absolute atomic E-state index is 0. The molecular formula is C12H10O3STi. The summed E-state index contributed by atoms with van der Waals surface area (Å²) in [5, 5.41) is 9.10. The maximum absolute atomic E-state index is 12.1. The van der Waals surface area contributed by atoms with Gasteiger partial charge in [-0.05, 0) is 36.4 Å². The largest absolute Gasteiger partial charge is 0.508 e. The van der Waals surface area contributed by atoms with Crippen molar-refractivity contribution in [3.63, 3.8) is 0 Å². The third-order valence-corrected chi connectivity index (χ3v) is 3.99. The van der Waals surface area contributed by atoms with E-state index in [1.807, 2.05) is 0 Å². The Morgan fingerprint density at radius 1 is 0.765 bits per heavy atom. The molecule has 0 amide bonds. The maximum Gasteiger partial charge on any atom is 0.206 e. The van der Waals surface area contributed by atoms with Crippen LogP contribution in [0.5, 0.6) is 5.75 Å². The third-order valence-electron chi connectivity index (χ3n) is 2.20. The van der Waals surface area contributed by atoms with Crippen molar-refractivity contribution < 1.29 is 35.2 Å². The molecule has 0 aromatic heterocycles. The number of hydrogen-bond donors (Lipinski definition) is 1. The van der Waals surface area contributed by atoms with Gasteiger partial charge in [0, 0.05) is 21.7 Å². The van der Waals surface area contributed by atoms with Crippen LogP contribution < -0.4 is 0 Å². The van der Waals surface area contributed by atoms with Crippen LogP contribution in [0.2, 0.25) is 0 Å². The predicted octanol–water partition coefficient (Wildman–Crippen LogP) is 2.22. The van der Waals surface area contributed by atoms with Gasteiger partial charge in [-0.15, -0.1) is 0 Å². The molecule has 0 heterocycles. The average Bonchev–Trinajstić information content (AvgIpc) is 2.31. The second-order valence-corrected chi connectivity index (χ2v) is 5.26. The van der Waals surface area contributed by atoms with Crippen LogP contribution in [0, 0.1) is 0 Å². The zero-order valence-corrected chi connectivity index (χ0v) is 11.2. The van der Waals surface area contributed by atoms with Crippen LogP contribution in [-0.4, -0.2) is 13.5 Å². The third kappa shape index (κ3) is 2.97. The minimum atomic E-state index is -3.47. The zero-order chi connectivity index (χ0) is 11.6. The van der Waals surface area contributed by atoms with Gasteiger partial charge in [0.1, 0.15) is 5.75 Å². The number of aromatic hydroxyl groups is 1. The Morgan fingerprint density at radius 2 is 1.24 bits per heavy atom. The zero-order valence-electron chi connectivity index (χ0n) is 8.87. The van der Waals surface area contributed by atoms with E-state index in [-0.39, 0.29) is 37.3 Å². The molecule has 0 aliphatic rings. The molecule has 0 aliphatic carbocycles. The molecule has 0 unspecified atom stereocenters. The number of phenols is 1. The Labute approximate surface area is 115 Å². The minimum Gasteiger partial charge on any atom is -0.508 e. The van der Waals surface area contributed by atoms with E-state index in [9.17, 15) is 8.42 Å². The Morgan fingerprint density at radius 3 is 1.76 bits per heavy atom. The van der Waals surface area contributed by atoms with Gasteiger partial charge in [-0.1, -0.05) is 18.2 Å². The van der Waals surface area contributed by atoms with Crippen molar-refractivity contribution in [3.05, 3.63) is 54.6 Å². The van der Waals surface area contributed by atoms with Crippen molar-refractivity contribution in [1.82, 2.24) is 0 Å². The summed E-state index contributed by atoms with van der Waals surface area (Å²) in [5.74, 6) is 0.0482. The van der Waals surface area contributed by atoms with Gasteiger partial charge in [-0.25, -0.2) is 8.42 Å². The summed E-state index contributed by atoms with van der Waals surface area (Å²) >= 11 is 0. The summed E-state index contributed by atoms with van der Waals surface area (Å²) in [7, 11) is -3.47. The van der Waals surface area contributed by atoms with Gasteiger partial charge in [0.05, 0.1) is 9.79 Å². The summed E-state index contributed by atoms with van der Waals surface area (Å²) in [4.78, 5) is 0.428. The van der Waals surface area contributed by atoms with Crippen molar-refractivity contribution in [2.45, 2.75) is 9.79 Å². The molecule has 17 heavy (non-hydrogen) atoms. The molecule has 0 saturated carbocycles. The number of rotatable bonds is 2. The quantitative estimate of drug-likeness (QED) is 0.859. The Kier molecular flexibility index (Phi) is 4.51. The second kappa shape index (κ2) is 5.49. The van der Waals surface area contributed by atoms with Crippen molar-refractivity contribution in [1.29, 1.82) is 0 Å². The molecule has 2 aromatic rings. The van der Waals surface area contributed by atoms with E-state index in [2.05, 4.69) is 0 Å². The molecule has 0 radical (unpaired) electrons. The summed E-state index contributed by atoms with van der Waals surface area (Å²) in [6.07, 6.45) is 0. The molecule has 0 atom stereocenters. The average molecular weight is 282 g/mol. The topological polar surface area (TPSA) is 54.4 Å². The summed E-state index contributed by atoms with van der Waals surface area (Å²) in [5.41, 5.74) is 0. The Balaban J connectivity index is 0.00000144. The fourth-order valence-corrected chi connectivity index (χ4v) is 2.64. The van der Waals surface area contributed by atoms with Gasteiger partial charge >= 0.3 is 0 Å². The smallest absolute Gasteiger partial charge is 0.206 e. The summed E-state index contributed by atoms with van der Waals surface area (Å²) < 4.78 is 24.1. The van der Waals surface area contributed by atoms with E-state index < -0.39 is 9.84 Å². The first kappa shape index (κ1) is 14.0. The van der Waals surface area contributed by atoms with Gasteiger partial charge in [-0.2, -0.15) is 0 Å². The van der Waals surface area contributed by atoms with E-state index >= 15 is 0 Å². The molecule has 0 fully saturated rings. The molecular weight excluding hydrogens is 272 g/mol. The molecule has 0 bridgehead atoms. The van der Waals surface area contributed by atoms with Crippen molar-refractivity contribution >= 4 is 9.84 Å². The number of benzene rings is 2. The molecule has 0 saturated heterocycles. The number of hydrogen-bond acceptors (Lipinski definition) is 3. The molecule has 5 heteroatoms. The molecule has 86 valence electrons. The van der Waals surface area contributed by atoms with Crippen LogP contribution >= 0.6 is 0 Å².